The van der Waals surface area contributed by atoms with Crippen LogP contribution in [0.25, 0.3) is 0 Å². The number of amides is 1. The molecule has 1 heterocycles. The number of Topliss-reactive ketones (excluding diaryl/α,β-unsaturated/α-hetero) is 1. The van der Waals surface area contributed by atoms with Crippen molar-refractivity contribution in [3.8, 4) is 5.75 Å². The largest absolute Gasteiger partial charge is 0.497 e. The molecular weight excluding hydrogens is 516 g/mol. The predicted molar refractivity (Wildman–Crippen MR) is 159 cm³/mol. The number of rotatable bonds is 6. The topological polar surface area (TPSA) is 95.9 Å². The summed E-state index contributed by atoms with van der Waals surface area (Å²) in [6.07, 6.45) is 0.428. The van der Waals surface area contributed by atoms with E-state index in [-0.39, 0.29) is 35.9 Å². The Labute approximate surface area is 240 Å². The molecule has 1 amide bonds. The van der Waals surface area contributed by atoms with Gasteiger partial charge in [0.05, 0.1) is 30.9 Å². The molecule has 0 fully saturated rings. The van der Waals surface area contributed by atoms with Gasteiger partial charge in [-0.1, -0.05) is 69.3 Å². The summed E-state index contributed by atoms with van der Waals surface area (Å²) < 4.78 is 5.32. The van der Waals surface area contributed by atoms with Crippen molar-refractivity contribution in [2.75, 3.05) is 17.3 Å². The first-order chi connectivity index (χ1) is 19.6. The van der Waals surface area contributed by atoms with E-state index in [1.54, 1.807) is 12.0 Å². The number of carbonyl (C=O) groups excluding carboxylic acids is 2. The van der Waals surface area contributed by atoms with E-state index in [0.717, 1.165) is 28.1 Å². The zero-order valence-electron chi connectivity index (χ0n) is 23.9. The smallest absolute Gasteiger partial charge is 0.303 e. The number of allylic oxidation sites excluding steroid dienone is 1. The number of hydrogen-bond donors (Lipinski definition) is 2. The molecule has 0 saturated carbocycles. The maximum absolute atomic E-state index is 14.1. The van der Waals surface area contributed by atoms with E-state index in [1.165, 1.54) is 0 Å². The number of aliphatic carboxylic acids is 1. The highest BCUT2D eigenvalue weighted by molar-refractivity contribution is 6.06. The Morgan fingerprint density at radius 1 is 0.927 bits per heavy atom. The van der Waals surface area contributed by atoms with Crippen LogP contribution < -0.4 is 15.0 Å². The standard InChI is InChI=1S/C34H36N2O5/c1-34(2,3)24-13-9-22(10-14-24)33-32-27(19-23(20-29(32)37)21-11-15-25(41-4)16-12-21)35-26-7-5-6-8-28(26)36(33)30(38)17-18-31(39)40/h5-16,23,33,35H,17-20H2,1-4H3,(H,39,40)/t23-,33-/m0/s1. The van der Waals surface area contributed by atoms with Gasteiger partial charge in [0.15, 0.2) is 5.78 Å². The predicted octanol–water partition coefficient (Wildman–Crippen LogP) is 6.76. The molecule has 2 atom stereocenters. The van der Waals surface area contributed by atoms with Crippen LogP contribution in [0.4, 0.5) is 11.4 Å². The first-order valence-electron chi connectivity index (χ1n) is 14.0. The molecule has 0 saturated heterocycles. The van der Waals surface area contributed by atoms with Gasteiger partial charge in [-0.05, 0) is 58.7 Å². The van der Waals surface area contributed by atoms with Crippen LogP contribution in [0.15, 0.2) is 84.1 Å². The van der Waals surface area contributed by atoms with Crippen molar-refractivity contribution in [1.29, 1.82) is 0 Å². The summed E-state index contributed by atoms with van der Waals surface area (Å²) in [6.45, 7) is 6.42. The van der Waals surface area contributed by atoms with Crippen molar-refractivity contribution in [3.05, 3.63) is 101 Å². The van der Waals surface area contributed by atoms with Crippen LogP contribution in [0, 0.1) is 0 Å². The maximum atomic E-state index is 14.1. The fraction of sp³-hybridized carbons (Fsp3) is 0.324. The van der Waals surface area contributed by atoms with Crippen molar-refractivity contribution in [2.24, 2.45) is 0 Å². The summed E-state index contributed by atoms with van der Waals surface area (Å²) in [5.74, 6) is -0.697. The quantitative estimate of drug-likeness (QED) is 0.351. The minimum absolute atomic E-state index is 0.0340. The van der Waals surface area contributed by atoms with Gasteiger partial charge in [0.1, 0.15) is 5.75 Å². The third-order valence-corrected chi connectivity index (χ3v) is 7.99. The number of carboxylic acid groups (broad SMARTS) is 1. The Balaban J connectivity index is 1.66. The third-order valence-electron chi connectivity index (χ3n) is 7.99. The molecule has 0 radical (unpaired) electrons. The number of nitrogens with one attached hydrogen (secondary N) is 1. The van der Waals surface area contributed by atoms with E-state index in [1.807, 2.05) is 72.8 Å². The van der Waals surface area contributed by atoms with Crippen molar-refractivity contribution >= 4 is 29.0 Å². The van der Waals surface area contributed by atoms with Gasteiger partial charge >= 0.3 is 5.97 Å². The first kappa shape index (κ1) is 28.1. The molecule has 3 aromatic carbocycles. The van der Waals surface area contributed by atoms with Crippen LogP contribution in [0.5, 0.6) is 5.75 Å². The van der Waals surface area contributed by atoms with Crippen LogP contribution in [-0.2, 0) is 19.8 Å². The SMILES string of the molecule is COc1ccc([C@@H]2CC(=O)C3=C(C2)Nc2ccccc2N(C(=O)CCC(=O)O)[C@H]3c2ccc(C(C)(C)C)cc2)cc1. The Hall–Kier alpha value is -4.39. The van der Waals surface area contributed by atoms with Crippen molar-refractivity contribution < 1.29 is 24.2 Å². The van der Waals surface area contributed by atoms with Gasteiger partial charge in [0.25, 0.3) is 0 Å². The Morgan fingerprint density at radius 3 is 2.22 bits per heavy atom. The van der Waals surface area contributed by atoms with Gasteiger partial charge in [-0.15, -0.1) is 0 Å². The second kappa shape index (κ2) is 11.2. The molecule has 5 rings (SSSR count). The number of anilines is 2. The molecule has 0 spiro atoms. The number of carboxylic acids is 1. The lowest BCUT2D eigenvalue weighted by atomic mass is 9.77. The number of nitrogens with zero attached hydrogens (tertiary/aromatic N) is 1. The summed E-state index contributed by atoms with van der Waals surface area (Å²) in [4.78, 5) is 41.0. The second-order valence-electron chi connectivity index (χ2n) is 11.8. The van der Waals surface area contributed by atoms with Crippen molar-refractivity contribution in [2.45, 2.75) is 63.8 Å². The zero-order chi connectivity index (χ0) is 29.3. The highest BCUT2D eigenvalue weighted by Gasteiger charge is 2.41. The fourth-order valence-corrected chi connectivity index (χ4v) is 5.79. The Bertz CT molecular complexity index is 1500. The lowest BCUT2D eigenvalue weighted by Crippen LogP contribution is -2.38. The molecular formula is C34H36N2O5. The number of hydrogen-bond acceptors (Lipinski definition) is 5. The third kappa shape index (κ3) is 5.75. The van der Waals surface area contributed by atoms with E-state index >= 15 is 0 Å². The van der Waals surface area contributed by atoms with Gasteiger partial charge in [-0.2, -0.15) is 0 Å². The lowest BCUT2D eigenvalue weighted by molar-refractivity contribution is -0.138. The monoisotopic (exact) mass is 552 g/mol. The number of benzene rings is 3. The average Bonchev–Trinajstić information content (AvgIpc) is 3.10. The minimum atomic E-state index is -1.04. The van der Waals surface area contributed by atoms with Crippen molar-refractivity contribution in [1.82, 2.24) is 0 Å². The van der Waals surface area contributed by atoms with Crippen LogP contribution >= 0.6 is 0 Å². The maximum Gasteiger partial charge on any atom is 0.303 e. The molecule has 2 aliphatic rings. The van der Waals surface area contributed by atoms with Crippen LogP contribution in [-0.4, -0.2) is 29.9 Å². The molecule has 41 heavy (non-hydrogen) atoms. The van der Waals surface area contributed by atoms with E-state index in [9.17, 15) is 19.5 Å². The summed E-state index contributed by atoms with van der Waals surface area (Å²) in [7, 11) is 1.63. The molecule has 7 heteroatoms. The van der Waals surface area contributed by atoms with Crippen LogP contribution in [0.3, 0.4) is 0 Å². The number of ether oxygens (including phenoxy) is 1. The van der Waals surface area contributed by atoms with Gasteiger partial charge in [-0.3, -0.25) is 19.3 Å². The van der Waals surface area contributed by atoms with Gasteiger partial charge in [-0.25, -0.2) is 0 Å². The Morgan fingerprint density at radius 2 is 1.59 bits per heavy atom. The van der Waals surface area contributed by atoms with Gasteiger partial charge in [0, 0.05) is 24.1 Å². The van der Waals surface area contributed by atoms with Crippen molar-refractivity contribution in [3.63, 3.8) is 0 Å². The van der Waals surface area contributed by atoms with Crippen LogP contribution in [0.1, 0.15) is 75.1 Å². The molecule has 1 aliphatic heterocycles. The highest BCUT2D eigenvalue weighted by Crippen LogP contribution is 2.48. The normalized spacial score (nSPS) is 18.6. The summed E-state index contributed by atoms with van der Waals surface area (Å²) in [6, 6.07) is 22.7. The number of ketones is 1. The molecule has 1 aliphatic carbocycles. The molecule has 2 N–H and O–H groups in total. The first-order valence-corrected chi connectivity index (χ1v) is 14.0. The van der Waals surface area contributed by atoms with Gasteiger partial charge in [0.2, 0.25) is 5.91 Å². The highest BCUT2D eigenvalue weighted by atomic mass is 16.5. The molecule has 0 aromatic heterocycles. The van der Waals surface area contributed by atoms with Gasteiger partial charge < -0.3 is 15.2 Å². The van der Waals surface area contributed by atoms with Crippen LogP contribution in [0.2, 0.25) is 0 Å². The number of methoxy groups -OCH3 is 1. The molecule has 0 bridgehead atoms. The minimum Gasteiger partial charge on any atom is -0.497 e. The zero-order valence-corrected chi connectivity index (χ0v) is 23.9. The average molecular weight is 553 g/mol. The fourth-order valence-electron chi connectivity index (χ4n) is 5.79. The molecule has 7 nitrogen and oxygen atoms in total. The number of carbonyl (C=O) groups is 3. The summed E-state index contributed by atoms with van der Waals surface area (Å²) in [5.41, 5.74) is 5.60. The number of fused-ring (bicyclic) bond motifs is 1. The van der Waals surface area contributed by atoms with E-state index in [2.05, 4.69) is 26.1 Å². The second-order valence-corrected chi connectivity index (χ2v) is 11.8. The Kier molecular flexibility index (Phi) is 7.72. The number of para-hydroxylation sites is 2. The van der Waals surface area contributed by atoms with E-state index in [0.29, 0.717) is 29.8 Å². The molecule has 0 unspecified atom stereocenters. The lowest BCUT2D eigenvalue weighted by Gasteiger charge is -2.35. The summed E-state index contributed by atoms with van der Waals surface area (Å²) in [5, 5.41) is 12.9. The molecule has 212 valence electrons. The van der Waals surface area contributed by atoms with E-state index < -0.39 is 12.0 Å². The molecule has 3 aromatic rings. The van der Waals surface area contributed by atoms with E-state index in [4.69, 9.17) is 4.74 Å². The summed E-state index contributed by atoms with van der Waals surface area (Å²) >= 11 is 0.